The number of hydrogen-bond donors (Lipinski definition) is 1. The molecule has 0 aliphatic carbocycles. The van der Waals surface area contributed by atoms with Gasteiger partial charge in [-0.3, -0.25) is 14.6 Å². The minimum atomic E-state index is -0.436. The summed E-state index contributed by atoms with van der Waals surface area (Å²) in [5.74, 6) is -1.28. The molecule has 6 heteroatoms. The van der Waals surface area contributed by atoms with E-state index in [4.69, 9.17) is 5.73 Å². The van der Waals surface area contributed by atoms with Crippen LogP contribution in [0.2, 0.25) is 0 Å². The smallest absolute Gasteiger partial charge is 0.253 e. The monoisotopic (exact) mass is 327 g/mol. The lowest BCUT2D eigenvalue weighted by molar-refractivity contribution is -0.123. The van der Waals surface area contributed by atoms with Crippen molar-refractivity contribution in [3.8, 4) is 11.1 Å². The number of benzene rings is 1. The molecule has 0 unspecified atom stereocenters. The summed E-state index contributed by atoms with van der Waals surface area (Å²) in [7, 11) is 0. The molecule has 1 aromatic carbocycles. The van der Waals surface area contributed by atoms with E-state index >= 15 is 0 Å². The Hall–Kier alpha value is -2.76. The highest BCUT2D eigenvalue weighted by atomic mass is 19.1. The molecule has 2 amide bonds. The number of piperidine rings is 1. The zero-order valence-electron chi connectivity index (χ0n) is 13.1. The Morgan fingerprint density at radius 1 is 1.29 bits per heavy atom. The lowest BCUT2D eigenvalue weighted by Crippen LogP contribution is -2.44. The Morgan fingerprint density at radius 2 is 2.12 bits per heavy atom. The van der Waals surface area contributed by atoms with Gasteiger partial charge in [0.1, 0.15) is 5.82 Å². The third-order valence-corrected chi connectivity index (χ3v) is 4.30. The van der Waals surface area contributed by atoms with Crippen LogP contribution in [0.1, 0.15) is 23.2 Å². The van der Waals surface area contributed by atoms with E-state index in [-0.39, 0.29) is 17.7 Å². The maximum absolute atomic E-state index is 13.9. The van der Waals surface area contributed by atoms with Crippen molar-refractivity contribution in [2.75, 3.05) is 13.1 Å². The van der Waals surface area contributed by atoms with Crippen LogP contribution in [0.3, 0.4) is 0 Å². The first kappa shape index (κ1) is 16.1. The Labute approximate surface area is 139 Å². The summed E-state index contributed by atoms with van der Waals surface area (Å²) < 4.78 is 13.9. The highest BCUT2D eigenvalue weighted by Crippen LogP contribution is 2.24. The van der Waals surface area contributed by atoms with Crippen LogP contribution < -0.4 is 5.73 Å². The van der Waals surface area contributed by atoms with Crippen LogP contribution in [-0.2, 0) is 4.79 Å². The lowest BCUT2D eigenvalue weighted by Gasteiger charge is -2.31. The average Bonchev–Trinajstić information content (AvgIpc) is 2.61. The van der Waals surface area contributed by atoms with Gasteiger partial charge < -0.3 is 10.6 Å². The molecule has 1 aliphatic rings. The number of aromatic nitrogens is 1. The van der Waals surface area contributed by atoms with Gasteiger partial charge in [0.2, 0.25) is 5.91 Å². The number of halogens is 1. The summed E-state index contributed by atoms with van der Waals surface area (Å²) in [5, 5.41) is 0. The number of pyridine rings is 1. The molecule has 1 atom stereocenters. The van der Waals surface area contributed by atoms with Crippen molar-refractivity contribution in [2.24, 2.45) is 11.7 Å². The molecule has 24 heavy (non-hydrogen) atoms. The number of rotatable bonds is 3. The van der Waals surface area contributed by atoms with Gasteiger partial charge in [-0.2, -0.15) is 0 Å². The van der Waals surface area contributed by atoms with Crippen LogP contribution in [0.25, 0.3) is 11.1 Å². The second-order valence-corrected chi connectivity index (χ2v) is 5.93. The SMILES string of the molecule is NC(=O)[C@@H]1CCCN(C(=O)c2cccc(-c3ccncc3F)c2)C1. The summed E-state index contributed by atoms with van der Waals surface area (Å²) >= 11 is 0. The standard InChI is InChI=1S/C18H18FN3O2/c19-16-10-21-7-6-15(16)12-3-1-4-13(9-12)18(24)22-8-2-5-14(11-22)17(20)23/h1,3-4,6-7,9-10,14H,2,5,8,11H2,(H2,20,23)/t14-/m1/s1. The molecular formula is C18H18FN3O2. The maximum atomic E-state index is 13.9. The van der Waals surface area contributed by atoms with Gasteiger partial charge in [0.15, 0.2) is 0 Å². The van der Waals surface area contributed by atoms with Gasteiger partial charge in [0.25, 0.3) is 5.91 Å². The first-order valence-corrected chi connectivity index (χ1v) is 7.85. The number of carbonyl (C=O) groups excluding carboxylic acids is 2. The highest BCUT2D eigenvalue weighted by molar-refractivity contribution is 5.96. The largest absolute Gasteiger partial charge is 0.369 e. The van der Waals surface area contributed by atoms with Gasteiger partial charge in [0, 0.05) is 30.4 Å². The van der Waals surface area contributed by atoms with Gasteiger partial charge in [-0.05, 0) is 36.6 Å². The number of amides is 2. The van der Waals surface area contributed by atoms with Crippen molar-refractivity contribution < 1.29 is 14.0 Å². The molecule has 1 aromatic heterocycles. The maximum Gasteiger partial charge on any atom is 0.253 e. The summed E-state index contributed by atoms with van der Waals surface area (Å²) in [6, 6.07) is 8.39. The molecular weight excluding hydrogens is 309 g/mol. The molecule has 1 fully saturated rings. The fraction of sp³-hybridized carbons (Fsp3) is 0.278. The predicted molar refractivity (Wildman–Crippen MR) is 87.5 cm³/mol. The van der Waals surface area contributed by atoms with Crippen molar-refractivity contribution in [3.63, 3.8) is 0 Å². The summed E-state index contributed by atoms with van der Waals surface area (Å²) in [6.45, 7) is 0.929. The third kappa shape index (κ3) is 3.27. The van der Waals surface area contributed by atoms with Crippen molar-refractivity contribution in [1.29, 1.82) is 0 Å². The second kappa shape index (κ2) is 6.78. The van der Waals surface area contributed by atoms with E-state index in [1.165, 1.54) is 6.20 Å². The van der Waals surface area contributed by atoms with Crippen LogP contribution in [0.5, 0.6) is 0 Å². The molecule has 0 bridgehead atoms. The Bertz CT molecular complexity index is 778. The summed E-state index contributed by atoms with van der Waals surface area (Å²) in [4.78, 5) is 29.4. The van der Waals surface area contributed by atoms with Gasteiger partial charge in [-0.15, -0.1) is 0 Å². The molecule has 1 aliphatic heterocycles. The normalized spacial score (nSPS) is 17.5. The first-order valence-electron chi connectivity index (χ1n) is 7.85. The molecule has 2 N–H and O–H groups in total. The van der Waals surface area contributed by atoms with E-state index < -0.39 is 5.82 Å². The zero-order chi connectivity index (χ0) is 17.1. The molecule has 1 saturated heterocycles. The molecule has 5 nitrogen and oxygen atoms in total. The number of hydrogen-bond acceptors (Lipinski definition) is 3. The Kier molecular flexibility index (Phi) is 4.55. The Morgan fingerprint density at radius 3 is 2.88 bits per heavy atom. The second-order valence-electron chi connectivity index (χ2n) is 5.93. The van der Waals surface area contributed by atoms with Crippen molar-refractivity contribution in [1.82, 2.24) is 9.88 Å². The summed E-state index contributed by atoms with van der Waals surface area (Å²) in [6.07, 6.45) is 4.11. The molecule has 2 aromatic rings. The van der Waals surface area contributed by atoms with Crippen LogP contribution in [0.4, 0.5) is 4.39 Å². The number of nitrogens with zero attached hydrogens (tertiary/aromatic N) is 2. The predicted octanol–water partition coefficient (Wildman–Crippen LogP) is 2.23. The minimum Gasteiger partial charge on any atom is -0.369 e. The minimum absolute atomic E-state index is 0.169. The lowest BCUT2D eigenvalue weighted by atomic mass is 9.96. The van der Waals surface area contributed by atoms with Crippen LogP contribution in [0.15, 0.2) is 42.7 Å². The quantitative estimate of drug-likeness (QED) is 0.939. The van der Waals surface area contributed by atoms with E-state index in [1.807, 2.05) is 0 Å². The van der Waals surface area contributed by atoms with Crippen molar-refractivity contribution in [3.05, 3.63) is 54.1 Å². The third-order valence-electron chi connectivity index (χ3n) is 4.30. The first-order chi connectivity index (χ1) is 11.6. The van der Waals surface area contributed by atoms with Gasteiger partial charge in [0.05, 0.1) is 12.1 Å². The van der Waals surface area contributed by atoms with E-state index in [0.29, 0.717) is 36.2 Å². The van der Waals surface area contributed by atoms with Crippen molar-refractivity contribution in [2.45, 2.75) is 12.8 Å². The van der Waals surface area contributed by atoms with Gasteiger partial charge in [-0.25, -0.2) is 4.39 Å². The molecule has 2 heterocycles. The summed E-state index contributed by atoms with van der Waals surface area (Å²) in [5.41, 5.74) is 6.84. The van der Waals surface area contributed by atoms with Gasteiger partial charge in [-0.1, -0.05) is 12.1 Å². The topological polar surface area (TPSA) is 76.3 Å². The highest BCUT2D eigenvalue weighted by Gasteiger charge is 2.27. The van der Waals surface area contributed by atoms with Crippen LogP contribution >= 0.6 is 0 Å². The molecule has 0 saturated carbocycles. The van der Waals surface area contributed by atoms with E-state index in [9.17, 15) is 14.0 Å². The fourth-order valence-corrected chi connectivity index (χ4v) is 3.01. The van der Waals surface area contributed by atoms with Crippen LogP contribution in [-0.4, -0.2) is 34.8 Å². The molecule has 0 radical (unpaired) electrons. The van der Waals surface area contributed by atoms with Crippen molar-refractivity contribution >= 4 is 11.8 Å². The van der Waals surface area contributed by atoms with E-state index in [0.717, 1.165) is 12.6 Å². The molecule has 0 spiro atoms. The molecule has 3 rings (SSSR count). The zero-order valence-corrected chi connectivity index (χ0v) is 13.1. The average molecular weight is 327 g/mol. The van der Waals surface area contributed by atoms with E-state index in [1.54, 1.807) is 35.2 Å². The Balaban J connectivity index is 1.85. The van der Waals surface area contributed by atoms with E-state index in [2.05, 4.69) is 4.98 Å². The fourth-order valence-electron chi connectivity index (χ4n) is 3.01. The number of carbonyl (C=O) groups is 2. The number of nitrogens with two attached hydrogens (primary N) is 1. The van der Waals surface area contributed by atoms with Gasteiger partial charge >= 0.3 is 0 Å². The number of primary amides is 1. The van der Waals surface area contributed by atoms with Crippen LogP contribution in [0, 0.1) is 11.7 Å². The number of likely N-dealkylation sites (tertiary alicyclic amines) is 1. The molecule has 124 valence electrons.